The predicted molar refractivity (Wildman–Crippen MR) is 79.0 cm³/mol. The second-order valence-electron chi connectivity index (χ2n) is 4.41. The van der Waals surface area contributed by atoms with Crippen LogP contribution >= 0.6 is 27.5 Å². The van der Waals surface area contributed by atoms with Crippen molar-refractivity contribution in [3.8, 4) is 0 Å². The molecule has 1 nitrogen and oxygen atoms in total. The van der Waals surface area contributed by atoms with Crippen LogP contribution in [0.2, 0.25) is 5.02 Å². The lowest BCUT2D eigenvalue weighted by Crippen LogP contribution is -2.06. The van der Waals surface area contributed by atoms with E-state index in [-0.39, 0.29) is 10.6 Å². The van der Waals surface area contributed by atoms with E-state index < -0.39 is 11.9 Å². The van der Waals surface area contributed by atoms with E-state index in [4.69, 9.17) is 11.6 Å². The molecular weight excluding hydrogens is 331 g/mol. The predicted octanol–water partition coefficient (Wildman–Crippen LogP) is 4.83. The average Bonchev–Trinajstić information content (AvgIpc) is 2.39. The zero-order valence-corrected chi connectivity index (χ0v) is 12.7. The second kappa shape index (κ2) is 6.04. The molecular formula is C15H13BrClFO. The Kier molecular flexibility index (Phi) is 4.61. The SMILES string of the molecule is Cc1ccccc1CC(O)c1ccc(Br)c(Cl)c1F. The van der Waals surface area contributed by atoms with Crippen LogP contribution in [-0.2, 0) is 6.42 Å². The fourth-order valence-electron chi connectivity index (χ4n) is 1.96. The minimum atomic E-state index is -0.910. The first-order valence-electron chi connectivity index (χ1n) is 5.86. The highest BCUT2D eigenvalue weighted by atomic mass is 79.9. The molecule has 0 amide bonds. The largest absolute Gasteiger partial charge is 0.388 e. The third-order valence-electron chi connectivity index (χ3n) is 3.10. The van der Waals surface area contributed by atoms with Crippen molar-refractivity contribution in [2.45, 2.75) is 19.4 Å². The van der Waals surface area contributed by atoms with Crippen LogP contribution in [0, 0.1) is 12.7 Å². The Balaban J connectivity index is 2.28. The third kappa shape index (κ3) is 3.16. The molecule has 0 spiro atoms. The maximum absolute atomic E-state index is 14.0. The molecule has 1 N–H and O–H groups in total. The molecule has 0 aliphatic rings. The van der Waals surface area contributed by atoms with Crippen LogP contribution in [-0.4, -0.2) is 5.11 Å². The lowest BCUT2D eigenvalue weighted by atomic mass is 9.98. The standard InChI is InChI=1S/C15H13BrClFO/c1-9-4-2-3-5-10(9)8-13(19)11-6-7-12(16)14(17)15(11)18/h2-7,13,19H,8H2,1H3. The quantitative estimate of drug-likeness (QED) is 0.792. The van der Waals surface area contributed by atoms with E-state index in [1.807, 2.05) is 31.2 Å². The molecule has 2 aromatic rings. The Labute approximate surface area is 125 Å². The molecule has 0 saturated carbocycles. The van der Waals surface area contributed by atoms with Gasteiger partial charge in [0.05, 0.1) is 11.1 Å². The van der Waals surface area contributed by atoms with Gasteiger partial charge in [0.25, 0.3) is 0 Å². The summed E-state index contributed by atoms with van der Waals surface area (Å²) in [5.74, 6) is -0.572. The van der Waals surface area contributed by atoms with Crippen molar-refractivity contribution < 1.29 is 9.50 Å². The molecule has 1 unspecified atom stereocenters. The van der Waals surface area contributed by atoms with Crippen molar-refractivity contribution in [3.05, 3.63) is 68.4 Å². The molecule has 0 aliphatic carbocycles. The molecule has 100 valence electrons. The Bertz CT molecular complexity index is 601. The number of aliphatic hydroxyl groups excluding tert-OH is 1. The van der Waals surface area contributed by atoms with Crippen molar-refractivity contribution in [2.75, 3.05) is 0 Å². The van der Waals surface area contributed by atoms with E-state index in [1.165, 1.54) is 0 Å². The summed E-state index contributed by atoms with van der Waals surface area (Å²) in [4.78, 5) is 0. The molecule has 19 heavy (non-hydrogen) atoms. The summed E-state index contributed by atoms with van der Waals surface area (Å²) in [5.41, 5.74) is 2.29. The van der Waals surface area contributed by atoms with Gasteiger partial charge in [-0.1, -0.05) is 41.9 Å². The number of aryl methyl sites for hydroxylation is 1. The van der Waals surface area contributed by atoms with Crippen molar-refractivity contribution in [2.24, 2.45) is 0 Å². The molecule has 2 aromatic carbocycles. The first kappa shape index (κ1) is 14.5. The molecule has 1 atom stereocenters. The first-order chi connectivity index (χ1) is 9.00. The highest BCUT2D eigenvalue weighted by Crippen LogP contribution is 2.31. The summed E-state index contributed by atoms with van der Waals surface area (Å²) in [6.07, 6.45) is -0.548. The second-order valence-corrected chi connectivity index (χ2v) is 5.64. The fourth-order valence-corrected chi connectivity index (χ4v) is 2.43. The Hall–Kier alpha value is -0.900. The van der Waals surface area contributed by atoms with Gasteiger partial charge < -0.3 is 5.11 Å². The zero-order chi connectivity index (χ0) is 14.0. The smallest absolute Gasteiger partial charge is 0.148 e. The molecule has 0 aromatic heterocycles. The molecule has 0 saturated heterocycles. The van der Waals surface area contributed by atoms with Crippen LogP contribution < -0.4 is 0 Å². The number of aliphatic hydroxyl groups is 1. The van der Waals surface area contributed by atoms with Crippen molar-refractivity contribution >= 4 is 27.5 Å². The number of hydrogen-bond donors (Lipinski definition) is 1. The topological polar surface area (TPSA) is 20.2 Å². The Morgan fingerprint density at radius 1 is 1.26 bits per heavy atom. The van der Waals surface area contributed by atoms with Gasteiger partial charge in [-0.05, 0) is 40.0 Å². The van der Waals surface area contributed by atoms with Crippen molar-refractivity contribution in [1.29, 1.82) is 0 Å². The Morgan fingerprint density at radius 3 is 2.63 bits per heavy atom. The minimum absolute atomic E-state index is 0.00123. The number of benzene rings is 2. The summed E-state index contributed by atoms with van der Waals surface area (Å²) in [6, 6.07) is 10.9. The van der Waals surface area contributed by atoms with Crippen molar-refractivity contribution in [3.63, 3.8) is 0 Å². The highest BCUT2D eigenvalue weighted by molar-refractivity contribution is 9.10. The maximum Gasteiger partial charge on any atom is 0.148 e. The van der Waals surface area contributed by atoms with Crippen LogP contribution in [0.4, 0.5) is 4.39 Å². The van der Waals surface area contributed by atoms with Gasteiger partial charge in [0.15, 0.2) is 0 Å². The van der Waals surface area contributed by atoms with Gasteiger partial charge in [-0.15, -0.1) is 0 Å². The number of hydrogen-bond acceptors (Lipinski definition) is 1. The number of rotatable bonds is 3. The molecule has 0 fully saturated rings. The van der Waals surface area contributed by atoms with Gasteiger partial charge in [0.1, 0.15) is 5.82 Å². The summed E-state index contributed by atoms with van der Waals surface area (Å²) in [7, 11) is 0. The van der Waals surface area contributed by atoms with E-state index in [0.29, 0.717) is 10.9 Å². The fraction of sp³-hybridized carbons (Fsp3) is 0.200. The van der Waals surface area contributed by atoms with E-state index in [1.54, 1.807) is 12.1 Å². The van der Waals surface area contributed by atoms with E-state index >= 15 is 0 Å². The lowest BCUT2D eigenvalue weighted by molar-refractivity contribution is 0.173. The van der Waals surface area contributed by atoms with Gasteiger partial charge in [-0.25, -0.2) is 4.39 Å². The average molecular weight is 344 g/mol. The van der Waals surface area contributed by atoms with E-state index in [0.717, 1.165) is 11.1 Å². The van der Waals surface area contributed by atoms with Crippen LogP contribution in [0.3, 0.4) is 0 Å². The summed E-state index contributed by atoms with van der Waals surface area (Å²) in [6.45, 7) is 1.97. The maximum atomic E-state index is 14.0. The van der Waals surface area contributed by atoms with Crippen LogP contribution in [0.5, 0.6) is 0 Å². The minimum Gasteiger partial charge on any atom is -0.388 e. The molecule has 4 heteroatoms. The summed E-state index contributed by atoms with van der Waals surface area (Å²) < 4.78 is 14.5. The molecule has 0 bridgehead atoms. The van der Waals surface area contributed by atoms with E-state index in [2.05, 4.69) is 15.9 Å². The molecule has 0 heterocycles. The molecule has 2 rings (SSSR count). The highest BCUT2D eigenvalue weighted by Gasteiger charge is 2.18. The van der Waals surface area contributed by atoms with Gasteiger partial charge in [-0.3, -0.25) is 0 Å². The van der Waals surface area contributed by atoms with Crippen LogP contribution in [0.25, 0.3) is 0 Å². The zero-order valence-electron chi connectivity index (χ0n) is 10.3. The van der Waals surface area contributed by atoms with E-state index in [9.17, 15) is 9.50 Å². The first-order valence-corrected chi connectivity index (χ1v) is 7.03. The van der Waals surface area contributed by atoms with Gasteiger partial charge in [0.2, 0.25) is 0 Å². The monoisotopic (exact) mass is 342 g/mol. The van der Waals surface area contributed by atoms with Gasteiger partial charge >= 0.3 is 0 Å². The molecule has 0 radical (unpaired) electrons. The normalized spacial score (nSPS) is 12.5. The van der Waals surface area contributed by atoms with Crippen molar-refractivity contribution in [1.82, 2.24) is 0 Å². The third-order valence-corrected chi connectivity index (χ3v) is 4.36. The summed E-state index contributed by atoms with van der Waals surface area (Å²) >= 11 is 8.98. The lowest BCUT2D eigenvalue weighted by Gasteiger charge is -2.14. The van der Waals surface area contributed by atoms with Crippen LogP contribution in [0.15, 0.2) is 40.9 Å². The Morgan fingerprint density at radius 2 is 1.95 bits per heavy atom. The summed E-state index contributed by atoms with van der Waals surface area (Å²) in [5, 5.41) is 10.2. The van der Waals surface area contributed by atoms with Crippen LogP contribution in [0.1, 0.15) is 22.8 Å². The molecule has 0 aliphatic heterocycles. The van der Waals surface area contributed by atoms with Gasteiger partial charge in [-0.2, -0.15) is 0 Å². The number of halogens is 3. The van der Waals surface area contributed by atoms with Gasteiger partial charge in [0, 0.05) is 16.5 Å².